The van der Waals surface area contributed by atoms with Crippen LogP contribution >= 0.6 is 11.6 Å². The first-order valence-electron chi connectivity index (χ1n) is 6.19. The van der Waals surface area contributed by atoms with Crippen molar-refractivity contribution >= 4 is 23.5 Å². The van der Waals surface area contributed by atoms with Gasteiger partial charge in [0, 0.05) is 5.56 Å². The third-order valence-electron chi connectivity index (χ3n) is 2.68. The molecule has 0 saturated heterocycles. The number of halogens is 2. The fourth-order valence-electron chi connectivity index (χ4n) is 1.71. The van der Waals surface area contributed by atoms with Gasteiger partial charge in [-0.05, 0) is 30.5 Å². The monoisotopic (exact) mass is 301 g/mol. The van der Waals surface area contributed by atoms with Gasteiger partial charge in [0.05, 0.1) is 12.1 Å². The van der Waals surface area contributed by atoms with E-state index in [0.717, 1.165) is 6.07 Å². The number of carbonyl (C=O) groups excluding carboxylic acids is 2. The zero-order valence-electron chi connectivity index (χ0n) is 11.6. The Morgan fingerprint density at radius 1 is 1.40 bits per heavy atom. The quantitative estimate of drug-likeness (QED) is 0.851. The van der Waals surface area contributed by atoms with E-state index in [0.29, 0.717) is 6.42 Å². The highest BCUT2D eigenvalue weighted by atomic mass is 35.5. The summed E-state index contributed by atoms with van der Waals surface area (Å²) in [6.45, 7) is 3.85. The van der Waals surface area contributed by atoms with Gasteiger partial charge in [-0.2, -0.15) is 0 Å². The lowest BCUT2D eigenvalue weighted by molar-refractivity contribution is -0.143. The average Bonchev–Trinajstić information content (AvgIpc) is 2.39. The fraction of sp³-hybridized carbons (Fsp3) is 0.429. The van der Waals surface area contributed by atoms with Crippen molar-refractivity contribution in [1.82, 2.24) is 5.32 Å². The number of hydrogen-bond donors (Lipinski definition) is 1. The molecule has 0 aliphatic rings. The van der Waals surface area contributed by atoms with Gasteiger partial charge in [0.2, 0.25) is 0 Å². The SMILES string of the molecule is COC(=O)C(CC(C)C)NC(=O)c1ccc(F)c(Cl)c1. The molecule has 0 aliphatic heterocycles. The van der Waals surface area contributed by atoms with Crippen molar-refractivity contribution in [2.45, 2.75) is 26.3 Å². The first-order chi connectivity index (χ1) is 9.35. The van der Waals surface area contributed by atoms with Gasteiger partial charge in [0.1, 0.15) is 11.9 Å². The van der Waals surface area contributed by atoms with Crippen molar-refractivity contribution in [3.63, 3.8) is 0 Å². The summed E-state index contributed by atoms with van der Waals surface area (Å²) in [5.74, 6) is -1.41. The minimum absolute atomic E-state index is 0.142. The number of benzene rings is 1. The maximum atomic E-state index is 13.0. The molecule has 6 heteroatoms. The maximum Gasteiger partial charge on any atom is 0.328 e. The second-order valence-electron chi connectivity index (χ2n) is 4.81. The number of esters is 1. The van der Waals surface area contributed by atoms with Crippen LogP contribution in [-0.4, -0.2) is 25.0 Å². The first-order valence-corrected chi connectivity index (χ1v) is 6.56. The third-order valence-corrected chi connectivity index (χ3v) is 2.97. The summed E-state index contributed by atoms with van der Waals surface area (Å²) >= 11 is 5.62. The maximum absolute atomic E-state index is 13.0. The van der Waals surface area contributed by atoms with Crippen molar-refractivity contribution in [2.24, 2.45) is 5.92 Å². The van der Waals surface area contributed by atoms with Crippen LogP contribution in [0.25, 0.3) is 0 Å². The Labute approximate surface area is 122 Å². The van der Waals surface area contributed by atoms with E-state index in [1.807, 2.05) is 13.8 Å². The molecule has 0 spiro atoms. The van der Waals surface area contributed by atoms with Gasteiger partial charge < -0.3 is 10.1 Å². The van der Waals surface area contributed by atoms with E-state index in [9.17, 15) is 14.0 Å². The molecule has 20 heavy (non-hydrogen) atoms. The second kappa shape index (κ2) is 7.24. The Kier molecular flexibility index (Phi) is 5.95. The summed E-state index contributed by atoms with van der Waals surface area (Å²) in [6.07, 6.45) is 0.452. The highest BCUT2D eigenvalue weighted by molar-refractivity contribution is 6.31. The Balaban J connectivity index is 2.84. The Morgan fingerprint density at radius 3 is 2.55 bits per heavy atom. The van der Waals surface area contributed by atoms with Crippen LogP contribution in [0.5, 0.6) is 0 Å². The lowest BCUT2D eigenvalue weighted by atomic mass is 10.0. The molecule has 0 aromatic heterocycles. The van der Waals surface area contributed by atoms with E-state index in [1.165, 1.54) is 19.2 Å². The van der Waals surface area contributed by atoms with Crippen LogP contribution in [0.1, 0.15) is 30.6 Å². The number of hydrogen-bond acceptors (Lipinski definition) is 3. The van der Waals surface area contributed by atoms with Gasteiger partial charge in [0.25, 0.3) is 5.91 Å². The molecule has 0 fully saturated rings. The largest absolute Gasteiger partial charge is 0.467 e. The summed E-state index contributed by atoms with van der Waals surface area (Å²) in [4.78, 5) is 23.6. The standard InChI is InChI=1S/C14H17ClFNO3/c1-8(2)6-12(14(19)20-3)17-13(18)9-4-5-11(16)10(15)7-9/h4-5,7-8,12H,6H2,1-3H3,(H,17,18). The lowest BCUT2D eigenvalue weighted by Gasteiger charge is -2.18. The summed E-state index contributed by atoms with van der Waals surface area (Å²) in [5.41, 5.74) is 0.189. The number of amides is 1. The Morgan fingerprint density at radius 2 is 2.05 bits per heavy atom. The molecule has 0 heterocycles. The van der Waals surface area contributed by atoms with E-state index in [1.54, 1.807) is 0 Å². The molecule has 0 radical (unpaired) electrons. The van der Waals surface area contributed by atoms with Crippen molar-refractivity contribution in [3.05, 3.63) is 34.6 Å². The second-order valence-corrected chi connectivity index (χ2v) is 5.21. The van der Waals surface area contributed by atoms with Gasteiger partial charge in [-0.3, -0.25) is 4.79 Å². The van der Waals surface area contributed by atoms with E-state index in [4.69, 9.17) is 11.6 Å². The highest BCUT2D eigenvalue weighted by Gasteiger charge is 2.23. The molecule has 1 atom stereocenters. The van der Waals surface area contributed by atoms with Crippen LogP contribution in [0.3, 0.4) is 0 Å². The smallest absolute Gasteiger partial charge is 0.328 e. The van der Waals surface area contributed by atoms with Crippen molar-refractivity contribution < 1.29 is 18.7 Å². The number of ether oxygens (including phenoxy) is 1. The van der Waals surface area contributed by atoms with Crippen molar-refractivity contribution in [2.75, 3.05) is 7.11 Å². The van der Waals surface area contributed by atoms with Crippen LogP contribution in [0, 0.1) is 11.7 Å². The van der Waals surface area contributed by atoms with E-state index in [-0.39, 0.29) is 16.5 Å². The lowest BCUT2D eigenvalue weighted by Crippen LogP contribution is -2.42. The minimum atomic E-state index is -0.740. The summed E-state index contributed by atoms with van der Waals surface area (Å²) < 4.78 is 17.7. The number of nitrogens with one attached hydrogen (secondary N) is 1. The van der Waals surface area contributed by atoms with Crippen LogP contribution in [-0.2, 0) is 9.53 Å². The van der Waals surface area contributed by atoms with Crippen LogP contribution in [0.4, 0.5) is 4.39 Å². The van der Waals surface area contributed by atoms with Crippen LogP contribution in [0.2, 0.25) is 5.02 Å². The van der Waals surface area contributed by atoms with E-state index in [2.05, 4.69) is 10.1 Å². The number of rotatable bonds is 5. The van der Waals surface area contributed by atoms with E-state index < -0.39 is 23.7 Å². The van der Waals surface area contributed by atoms with Gasteiger partial charge in [-0.15, -0.1) is 0 Å². The summed E-state index contributed by atoms with van der Waals surface area (Å²) in [6, 6.07) is 2.89. The molecule has 1 amide bonds. The Bertz CT molecular complexity index is 505. The molecule has 110 valence electrons. The number of carbonyl (C=O) groups is 2. The van der Waals surface area contributed by atoms with Gasteiger partial charge in [-0.25, -0.2) is 9.18 Å². The third kappa shape index (κ3) is 4.49. The van der Waals surface area contributed by atoms with Crippen LogP contribution in [0.15, 0.2) is 18.2 Å². The zero-order chi connectivity index (χ0) is 15.3. The number of methoxy groups -OCH3 is 1. The molecule has 0 saturated carbocycles. The summed E-state index contributed by atoms with van der Waals surface area (Å²) in [5, 5.41) is 2.42. The highest BCUT2D eigenvalue weighted by Crippen LogP contribution is 2.16. The molecule has 4 nitrogen and oxygen atoms in total. The normalized spacial score (nSPS) is 12.1. The van der Waals surface area contributed by atoms with Gasteiger partial charge >= 0.3 is 5.97 Å². The molecule has 1 rings (SSSR count). The van der Waals surface area contributed by atoms with Crippen molar-refractivity contribution in [1.29, 1.82) is 0 Å². The minimum Gasteiger partial charge on any atom is -0.467 e. The Hall–Kier alpha value is -1.62. The van der Waals surface area contributed by atoms with Crippen LogP contribution < -0.4 is 5.32 Å². The molecule has 1 aromatic carbocycles. The first kappa shape index (κ1) is 16.4. The molecule has 0 bridgehead atoms. The van der Waals surface area contributed by atoms with Gasteiger partial charge in [-0.1, -0.05) is 25.4 Å². The predicted molar refractivity (Wildman–Crippen MR) is 74.1 cm³/mol. The molecule has 1 unspecified atom stereocenters. The topological polar surface area (TPSA) is 55.4 Å². The van der Waals surface area contributed by atoms with Crippen molar-refractivity contribution in [3.8, 4) is 0 Å². The molecule has 1 N–H and O–H groups in total. The fourth-order valence-corrected chi connectivity index (χ4v) is 1.89. The molecular weight excluding hydrogens is 285 g/mol. The molecular formula is C14H17ClFNO3. The molecule has 0 aliphatic carbocycles. The van der Waals surface area contributed by atoms with Gasteiger partial charge in [0.15, 0.2) is 0 Å². The zero-order valence-corrected chi connectivity index (χ0v) is 12.3. The molecule has 1 aromatic rings. The predicted octanol–water partition coefficient (Wildman–Crippen LogP) is 2.80. The van der Waals surface area contributed by atoms with E-state index >= 15 is 0 Å². The average molecular weight is 302 g/mol. The summed E-state index contributed by atoms with van der Waals surface area (Å²) in [7, 11) is 1.26.